The van der Waals surface area contributed by atoms with E-state index in [2.05, 4.69) is 10.2 Å². The van der Waals surface area contributed by atoms with E-state index in [-0.39, 0.29) is 11.6 Å². The lowest BCUT2D eigenvalue weighted by Crippen LogP contribution is -2.39. The molecule has 1 aliphatic rings. The van der Waals surface area contributed by atoms with Gasteiger partial charge in [0.15, 0.2) is 0 Å². The van der Waals surface area contributed by atoms with Crippen LogP contribution in [0.15, 0.2) is 23.4 Å². The fourth-order valence-corrected chi connectivity index (χ4v) is 3.99. The number of piperidine rings is 1. The van der Waals surface area contributed by atoms with Gasteiger partial charge in [0.1, 0.15) is 17.0 Å². The second kappa shape index (κ2) is 6.71. The van der Waals surface area contributed by atoms with Crippen LogP contribution in [-0.4, -0.2) is 52.4 Å². The largest absolute Gasteiger partial charge is 0.345 e. The summed E-state index contributed by atoms with van der Waals surface area (Å²) in [5.41, 5.74) is 1.40. The van der Waals surface area contributed by atoms with Crippen molar-refractivity contribution in [1.29, 1.82) is 0 Å². The zero-order chi connectivity index (χ0) is 19.1. The van der Waals surface area contributed by atoms with Crippen LogP contribution in [0, 0.1) is 5.92 Å². The summed E-state index contributed by atoms with van der Waals surface area (Å²) >= 11 is 0. The molecule has 0 radical (unpaired) electrons. The molecule has 0 aromatic carbocycles. The van der Waals surface area contributed by atoms with E-state index >= 15 is 0 Å². The first-order chi connectivity index (χ1) is 13.0. The predicted octanol–water partition coefficient (Wildman–Crippen LogP) is 0.683. The summed E-state index contributed by atoms with van der Waals surface area (Å²) in [6.07, 6.45) is 8.00. The Bertz CT molecular complexity index is 1030. The summed E-state index contributed by atoms with van der Waals surface area (Å²) in [6.45, 7) is 4.03. The van der Waals surface area contributed by atoms with E-state index in [4.69, 9.17) is 0 Å². The molecule has 1 amide bonds. The molecule has 0 bridgehead atoms. The summed E-state index contributed by atoms with van der Waals surface area (Å²) in [6, 6.07) is 0. The number of imidazole rings is 1. The van der Waals surface area contributed by atoms with Crippen molar-refractivity contribution in [3.8, 4) is 0 Å². The van der Waals surface area contributed by atoms with Crippen molar-refractivity contribution in [2.75, 3.05) is 13.1 Å². The topological polar surface area (TPSA) is 82.4 Å². The fourth-order valence-electron chi connectivity index (χ4n) is 3.99. The predicted molar refractivity (Wildman–Crippen MR) is 99.6 cm³/mol. The van der Waals surface area contributed by atoms with Gasteiger partial charge in [0, 0.05) is 52.5 Å². The number of likely N-dealkylation sites (tertiary alicyclic amines) is 1. The number of hydrogen-bond donors (Lipinski definition) is 0. The van der Waals surface area contributed by atoms with Gasteiger partial charge in [-0.2, -0.15) is 10.2 Å². The maximum absolute atomic E-state index is 12.9. The number of carbonyl (C=O) groups is 1. The average molecular weight is 371 g/mol. The minimum atomic E-state index is -0.0621. The molecule has 0 atom stereocenters. The van der Waals surface area contributed by atoms with Crippen molar-refractivity contribution in [2.24, 2.45) is 20.0 Å². The molecule has 0 saturated carbocycles. The third-order valence-corrected chi connectivity index (χ3v) is 5.54. The summed E-state index contributed by atoms with van der Waals surface area (Å²) < 4.78 is 6.78. The molecule has 1 aliphatic heterocycles. The number of carbonyl (C=O) groups excluding carboxylic acids is 1. The zero-order valence-electron chi connectivity index (χ0n) is 16.0. The molecular formula is C18H25N7O2. The Kier molecular flexibility index (Phi) is 4.37. The highest BCUT2D eigenvalue weighted by molar-refractivity contribution is 5.99. The van der Waals surface area contributed by atoms with Gasteiger partial charge in [0.2, 0.25) is 0 Å². The second-order valence-corrected chi connectivity index (χ2v) is 7.24. The molecule has 9 nitrogen and oxygen atoms in total. The van der Waals surface area contributed by atoms with Gasteiger partial charge in [-0.1, -0.05) is 0 Å². The quantitative estimate of drug-likeness (QED) is 0.675. The molecular weight excluding hydrogens is 346 g/mol. The highest BCUT2D eigenvalue weighted by Crippen LogP contribution is 2.23. The maximum atomic E-state index is 12.9. The normalized spacial score (nSPS) is 15.7. The van der Waals surface area contributed by atoms with Crippen LogP contribution in [0.3, 0.4) is 0 Å². The molecule has 0 unspecified atom stereocenters. The van der Waals surface area contributed by atoms with E-state index < -0.39 is 0 Å². The molecule has 4 heterocycles. The van der Waals surface area contributed by atoms with Gasteiger partial charge in [-0.05, 0) is 25.7 Å². The van der Waals surface area contributed by atoms with Gasteiger partial charge in [0.05, 0.1) is 6.20 Å². The molecule has 1 saturated heterocycles. The molecule has 9 heteroatoms. The van der Waals surface area contributed by atoms with Crippen LogP contribution in [0.5, 0.6) is 0 Å². The smallest absolute Gasteiger partial charge is 0.338 e. The van der Waals surface area contributed by atoms with Crippen LogP contribution in [0.2, 0.25) is 0 Å². The standard InChI is InChI=1S/C18H25N7O2/c1-4-24-15(20-22(3)18(24)27)11-13-5-7-23(8-6-13)17(26)14-12-19-25-10-9-21(2)16(14)25/h9-10,12-13H,4-8,11H2,1-3H3. The molecule has 0 N–H and O–H groups in total. The average Bonchev–Trinajstić information content (AvgIpc) is 3.32. The Hall–Kier alpha value is -2.84. The van der Waals surface area contributed by atoms with Gasteiger partial charge in [-0.15, -0.1) is 0 Å². The Morgan fingerprint density at radius 3 is 2.67 bits per heavy atom. The van der Waals surface area contributed by atoms with E-state index in [0.717, 1.165) is 30.7 Å². The SMILES string of the molecule is CCn1c(CC2CCN(C(=O)c3cnn4ccn(C)c34)CC2)nn(C)c1=O. The summed E-state index contributed by atoms with van der Waals surface area (Å²) in [4.78, 5) is 26.9. The van der Waals surface area contributed by atoms with Crippen LogP contribution in [0.4, 0.5) is 0 Å². The Morgan fingerprint density at radius 2 is 1.96 bits per heavy atom. The summed E-state index contributed by atoms with van der Waals surface area (Å²) in [5.74, 6) is 1.31. The first-order valence-corrected chi connectivity index (χ1v) is 9.40. The number of nitrogens with zero attached hydrogens (tertiary/aromatic N) is 7. The number of aryl methyl sites for hydroxylation is 2. The lowest BCUT2D eigenvalue weighted by atomic mass is 9.93. The molecule has 1 fully saturated rings. The first-order valence-electron chi connectivity index (χ1n) is 9.40. The molecule has 27 heavy (non-hydrogen) atoms. The number of aromatic nitrogens is 6. The number of fused-ring (bicyclic) bond motifs is 1. The number of amides is 1. The van der Waals surface area contributed by atoms with Crippen molar-refractivity contribution in [3.05, 3.63) is 40.5 Å². The molecule has 144 valence electrons. The minimum Gasteiger partial charge on any atom is -0.338 e. The molecule has 3 aromatic rings. The number of rotatable bonds is 4. The van der Waals surface area contributed by atoms with Crippen molar-refractivity contribution in [2.45, 2.75) is 32.7 Å². The zero-order valence-corrected chi connectivity index (χ0v) is 16.0. The van der Waals surface area contributed by atoms with Crippen LogP contribution < -0.4 is 5.69 Å². The van der Waals surface area contributed by atoms with Crippen LogP contribution in [-0.2, 0) is 27.1 Å². The van der Waals surface area contributed by atoms with E-state index in [1.807, 2.05) is 35.8 Å². The van der Waals surface area contributed by atoms with Crippen LogP contribution in [0.25, 0.3) is 5.65 Å². The molecule has 4 rings (SSSR count). The summed E-state index contributed by atoms with van der Waals surface area (Å²) in [5, 5.41) is 8.64. The molecule has 3 aromatic heterocycles. The van der Waals surface area contributed by atoms with E-state index in [0.29, 0.717) is 31.1 Å². The van der Waals surface area contributed by atoms with Crippen molar-refractivity contribution in [3.63, 3.8) is 0 Å². The maximum Gasteiger partial charge on any atom is 0.345 e. The third-order valence-electron chi connectivity index (χ3n) is 5.54. The lowest BCUT2D eigenvalue weighted by Gasteiger charge is -2.31. The van der Waals surface area contributed by atoms with Gasteiger partial charge in [-0.3, -0.25) is 9.36 Å². The lowest BCUT2D eigenvalue weighted by molar-refractivity contribution is 0.0691. The molecule has 0 spiro atoms. The van der Waals surface area contributed by atoms with Crippen molar-refractivity contribution in [1.82, 2.24) is 33.4 Å². The monoisotopic (exact) mass is 371 g/mol. The van der Waals surface area contributed by atoms with Crippen LogP contribution >= 0.6 is 0 Å². The minimum absolute atomic E-state index is 0.0357. The van der Waals surface area contributed by atoms with Gasteiger partial charge in [-0.25, -0.2) is 14.0 Å². The fraction of sp³-hybridized carbons (Fsp3) is 0.556. The highest BCUT2D eigenvalue weighted by Gasteiger charge is 2.27. The van der Waals surface area contributed by atoms with Crippen LogP contribution in [0.1, 0.15) is 35.9 Å². The third kappa shape index (κ3) is 2.96. The van der Waals surface area contributed by atoms with Crippen molar-refractivity contribution >= 4 is 11.6 Å². The van der Waals surface area contributed by atoms with Crippen molar-refractivity contribution < 1.29 is 4.79 Å². The molecule has 0 aliphatic carbocycles. The van der Waals surface area contributed by atoms with Gasteiger partial charge < -0.3 is 9.47 Å². The number of hydrogen-bond acceptors (Lipinski definition) is 4. The Balaban J connectivity index is 1.43. The van der Waals surface area contributed by atoms with Gasteiger partial charge >= 0.3 is 5.69 Å². The Labute approximate surface area is 156 Å². The highest BCUT2D eigenvalue weighted by atomic mass is 16.2. The second-order valence-electron chi connectivity index (χ2n) is 7.24. The summed E-state index contributed by atoms with van der Waals surface area (Å²) in [7, 11) is 3.61. The Morgan fingerprint density at radius 1 is 1.22 bits per heavy atom. The van der Waals surface area contributed by atoms with Gasteiger partial charge in [0.25, 0.3) is 5.91 Å². The van der Waals surface area contributed by atoms with E-state index in [1.165, 1.54) is 4.68 Å². The van der Waals surface area contributed by atoms with E-state index in [9.17, 15) is 9.59 Å². The first kappa shape index (κ1) is 17.6. The van der Waals surface area contributed by atoms with E-state index in [1.54, 1.807) is 22.3 Å².